The van der Waals surface area contributed by atoms with Gasteiger partial charge < -0.3 is 20.2 Å². The molecule has 2 fully saturated rings. The molecule has 142 valence electrons. The summed E-state index contributed by atoms with van der Waals surface area (Å²) >= 11 is 0. The van der Waals surface area contributed by atoms with Gasteiger partial charge in [0.15, 0.2) is 0 Å². The third-order valence-electron chi connectivity index (χ3n) is 5.55. The van der Waals surface area contributed by atoms with Gasteiger partial charge >= 0.3 is 12.0 Å². The minimum atomic E-state index is -0.807. The number of hydrogen-bond acceptors (Lipinski definition) is 3. The van der Waals surface area contributed by atoms with Crippen molar-refractivity contribution in [2.24, 2.45) is 17.8 Å². The Labute approximate surface area is 149 Å². The number of aliphatic carboxylic acids is 1. The lowest BCUT2D eigenvalue weighted by Gasteiger charge is -2.33. The van der Waals surface area contributed by atoms with E-state index in [1.54, 1.807) is 23.9 Å². The van der Waals surface area contributed by atoms with Gasteiger partial charge in [-0.15, -0.1) is 0 Å². The number of likely N-dealkylation sites (tertiary alicyclic amines) is 1. The molecule has 0 aromatic heterocycles. The van der Waals surface area contributed by atoms with E-state index >= 15 is 0 Å². The van der Waals surface area contributed by atoms with Gasteiger partial charge in [0.1, 0.15) is 0 Å². The molecule has 3 amide bonds. The van der Waals surface area contributed by atoms with Gasteiger partial charge in [-0.3, -0.25) is 9.59 Å². The zero-order valence-electron chi connectivity index (χ0n) is 15.4. The summed E-state index contributed by atoms with van der Waals surface area (Å²) in [6.45, 7) is 1.36. The second kappa shape index (κ2) is 9.06. The lowest BCUT2D eigenvalue weighted by molar-refractivity contribution is -0.144. The first-order chi connectivity index (χ1) is 11.9. The smallest absolute Gasteiger partial charge is 0.319 e. The van der Waals surface area contributed by atoms with Crippen LogP contribution in [0.2, 0.25) is 0 Å². The summed E-state index contributed by atoms with van der Waals surface area (Å²) in [6, 6.07) is -0.0258. The van der Waals surface area contributed by atoms with Crippen LogP contribution in [0, 0.1) is 17.8 Å². The molecule has 0 spiro atoms. The van der Waals surface area contributed by atoms with Crippen LogP contribution >= 0.6 is 0 Å². The first-order valence-corrected chi connectivity index (χ1v) is 9.37. The van der Waals surface area contributed by atoms with E-state index in [1.807, 2.05) is 0 Å². The van der Waals surface area contributed by atoms with Crippen molar-refractivity contribution in [2.75, 3.05) is 33.7 Å². The predicted octanol–water partition coefficient (Wildman–Crippen LogP) is 1.78. The number of carbonyl (C=O) groups excluding carboxylic acids is 2. The van der Waals surface area contributed by atoms with E-state index in [0.29, 0.717) is 25.9 Å². The molecular weight excluding hydrogens is 322 g/mol. The molecule has 1 aliphatic carbocycles. The highest BCUT2D eigenvalue weighted by atomic mass is 16.4. The molecule has 1 saturated carbocycles. The van der Waals surface area contributed by atoms with Crippen LogP contribution in [0.3, 0.4) is 0 Å². The Hall–Kier alpha value is -1.79. The molecule has 2 rings (SSSR count). The van der Waals surface area contributed by atoms with Gasteiger partial charge in [-0.1, -0.05) is 19.3 Å². The number of rotatable bonds is 5. The number of amides is 3. The van der Waals surface area contributed by atoms with Gasteiger partial charge in [0.05, 0.1) is 5.92 Å². The SMILES string of the molecule is CN(C)C(=O)N1CCC(C(=O)NCC(C(=O)O)C2CCCCC2)CC1. The van der Waals surface area contributed by atoms with Crippen molar-refractivity contribution < 1.29 is 19.5 Å². The van der Waals surface area contributed by atoms with E-state index < -0.39 is 11.9 Å². The van der Waals surface area contributed by atoms with E-state index in [2.05, 4.69) is 5.32 Å². The van der Waals surface area contributed by atoms with Crippen LogP contribution in [0.1, 0.15) is 44.9 Å². The number of carboxylic acid groups (broad SMARTS) is 1. The fourth-order valence-electron chi connectivity index (χ4n) is 3.96. The van der Waals surface area contributed by atoms with Gasteiger partial charge in [0.2, 0.25) is 5.91 Å². The van der Waals surface area contributed by atoms with Crippen LogP contribution < -0.4 is 5.32 Å². The second-order valence-electron chi connectivity index (χ2n) is 7.53. The summed E-state index contributed by atoms with van der Waals surface area (Å²) in [6.07, 6.45) is 6.50. The number of hydrogen-bond donors (Lipinski definition) is 2. The molecule has 2 aliphatic rings. The number of carboxylic acids is 1. The molecule has 1 heterocycles. The summed E-state index contributed by atoms with van der Waals surface area (Å²) in [5.74, 6) is -1.32. The van der Waals surface area contributed by atoms with Gasteiger partial charge in [-0.05, 0) is 31.6 Å². The predicted molar refractivity (Wildman–Crippen MR) is 94.1 cm³/mol. The normalized spacial score (nSPS) is 20.8. The molecule has 1 atom stereocenters. The van der Waals surface area contributed by atoms with Gasteiger partial charge in [0, 0.05) is 39.6 Å². The third-order valence-corrected chi connectivity index (χ3v) is 5.55. The van der Waals surface area contributed by atoms with Crippen molar-refractivity contribution in [3.05, 3.63) is 0 Å². The average Bonchev–Trinajstić information content (AvgIpc) is 2.61. The van der Waals surface area contributed by atoms with Crippen LogP contribution in [0.25, 0.3) is 0 Å². The Morgan fingerprint density at radius 1 is 1.08 bits per heavy atom. The molecule has 7 heteroatoms. The molecule has 1 unspecified atom stereocenters. The summed E-state index contributed by atoms with van der Waals surface area (Å²) < 4.78 is 0. The number of nitrogens with zero attached hydrogens (tertiary/aromatic N) is 2. The number of urea groups is 1. The van der Waals surface area contributed by atoms with Crippen LogP contribution in [0.5, 0.6) is 0 Å². The standard InChI is InChI=1S/C18H31N3O4/c1-20(2)18(25)21-10-8-14(9-11-21)16(22)19-12-15(17(23)24)13-6-4-3-5-7-13/h13-15H,3-12H2,1-2H3,(H,19,22)(H,23,24). The fourth-order valence-corrected chi connectivity index (χ4v) is 3.96. The third kappa shape index (κ3) is 5.34. The van der Waals surface area contributed by atoms with Crippen molar-refractivity contribution in [1.82, 2.24) is 15.1 Å². The Morgan fingerprint density at radius 2 is 1.68 bits per heavy atom. The molecule has 0 aromatic rings. The molecule has 7 nitrogen and oxygen atoms in total. The molecule has 0 radical (unpaired) electrons. The van der Waals surface area contributed by atoms with Gasteiger partial charge in [0.25, 0.3) is 0 Å². The zero-order valence-corrected chi connectivity index (χ0v) is 15.4. The van der Waals surface area contributed by atoms with Crippen LogP contribution in [-0.4, -0.2) is 66.5 Å². The molecular formula is C18H31N3O4. The first-order valence-electron chi connectivity index (χ1n) is 9.37. The molecule has 1 aliphatic heterocycles. The summed E-state index contributed by atoms with van der Waals surface area (Å²) in [4.78, 5) is 39.2. The zero-order chi connectivity index (χ0) is 18.4. The maximum atomic E-state index is 12.4. The van der Waals surface area contributed by atoms with E-state index in [4.69, 9.17) is 0 Å². The van der Waals surface area contributed by atoms with Crippen LogP contribution in [0.15, 0.2) is 0 Å². The van der Waals surface area contributed by atoms with Crippen molar-refractivity contribution in [1.29, 1.82) is 0 Å². The minimum Gasteiger partial charge on any atom is -0.481 e. The Balaban J connectivity index is 1.79. The molecule has 0 aromatic carbocycles. The van der Waals surface area contributed by atoms with Gasteiger partial charge in [-0.25, -0.2) is 4.79 Å². The van der Waals surface area contributed by atoms with Crippen molar-refractivity contribution >= 4 is 17.9 Å². The summed E-state index contributed by atoms with van der Waals surface area (Å²) in [5.41, 5.74) is 0. The highest BCUT2D eigenvalue weighted by Crippen LogP contribution is 2.30. The quantitative estimate of drug-likeness (QED) is 0.788. The molecule has 25 heavy (non-hydrogen) atoms. The summed E-state index contributed by atoms with van der Waals surface area (Å²) in [5, 5.41) is 12.4. The maximum Gasteiger partial charge on any atom is 0.319 e. The topological polar surface area (TPSA) is 90.0 Å². The van der Waals surface area contributed by atoms with E-state index in [1.165, 1.54) is 6.42 Å². The second-order valence-corrected chi connectivity index (χ2v) is 7.53. The number of piperidine rings is 1. The van der Waals surface area contributed by atoms with Crippen LogP contribution in [0.4, 0.5) is 4.79 Å². The lowest BCUT2D eigenvalue weighted by Crippen LogP contribution is -2.47. The van der Waals surface area contributed by atoms with Crippen molar-refractivity contribution in [2.45, 2.75) is 44.9 Å². The fraction of sp³-hybridized carbons (Fsp3) is 0.833. The highest BCUT2D eigenvalue weighted by molar-refractivity contribution is 5.80. The Bertz CT molecular complexity index is 481. The van der Waals surface area contributed by atoms with E-state index in [-0.39, 0.29) is 30.3 Å². The molecule has 1 saturated heterocycles. The maximum absolute atomic E-state index is 12.4. The van der Waals surface area contributed by atoms with Crippen LogP contribution in [-0.2, 0) is 9.59 Å². The minimum absolute atomic E-state index is 0.0258. The number of nitrogens with one attached hydrogen (secondary N) is 1. The summed E-state index contributed by atoms with van der Waals surface area (Å²) in [7, 11) is 3.44. The van der Waals surface area contributed by atoms with E-state index in [0.717, 1.165) is 25.7 Å². The molecule has 2 N–H and O–H groups in total. The molecule has 0 bridgehead atoms. The van der Waals surface area contributed by atoms with Crippen molar-refractivity contribution in [3.63, 3.8) is 0 Å². The monoisotopic (exact) mass is 353 g/mol. The Morgan fingerprint density at radius 3 is 2.20 bits per heavy atom. The highest BCUT2D eigenvalue weighted by Gasteiger charge is 2.32. The van der Waals surface area contributed by atoms with E-state index in [9.17, 15) is 19.5 Å². The lowest BCUT2D eigenvalue weighted by atomic mass is 9.80. The van der Waals surface area contributed by atoms with Crippen molar-refractivity contribution in [3.8, 4) is 0 Å². The average molecular weight is 353 g/mol. The largest absolute Gasteiger partial charge is 0.481 e. The van der Waals surface area contributed by atoms with Gasteiger partial charge in [-0.2, -0.15) is 0 Å². The number of carbonyl (C=O) groups is 3. The first kappa shape index (κ1) is 19.5. The Kier molecular flexibility index (Phi) is 7.08.